The average Bonchev–Trinajstić information content (AvgIpc) is 3.31. The first-order chi connectivity index (χ1) is 17.9. The van der Waals surface area contributed by atoms with E-state index in [1.807, 2.05) is 50.5 Å². The minimum Gasteiger partial charge on any atom is -0.481 e. The summed E-state index contributed by atoms with van der Waals surface area (Å²) < 4.78 is 0.933. The van der Waals surface area contributed by atoms with E-state index in [9.17, 15) is 14.7 Å². The molecule has 0 radical (unpaired) electrons. The van der Waals surface area contributed by atoms with Gasteiger partial charge in [-0.15, -0.1) is 0 Å². The average molecular weight is 517 g/mol. The van der Waals surface area contributed by atoms with Crippen molar-refractivity contribution in [1.29, 1.82) is 0 Å². The molecule has 37 heavy (non-hydrogen) atoms. The lowest BCUT2D eigenvalue weighted by molar-refractivity contribution is -0.149. The standard InChI is InChI=1S/C27H28N6O3S/c1-3-29-25(36)32-26-31-22-14-17(13-20(23(22)37-26)21-6-4-5-9-30-21)18-12-19(16-28-15-18)33-10-7-27(2,8-11-33)24(34)35/h4-6,9,12-16H,3,7-8,10-11H2,1-2H3,(H,34,35)(H2,29,31,32,36). The third-order valence-corrected chi connectivity index (χ3v) is 7.81. The van der Waals surface area contributed by atoms with Crippen molar-refractivity contribution in [3.05, 3.63) is 55.0 Å². The Morgan fingerprint density at radius 1 is 1.14 bits per heavy atom. The van der Waals surface area contributed by atoms with Gasteiger partial charge in [0.15, 0.2) is 5.13 Å². The maximum Gasteiger partial charge on any atom is 0.321 e. The van der Waals surface area contributed by atoms with E-state index >= 15 is 0 Å². The highest BCUT2D eigenvalue weighted by Gasteiger charge is 2.37. The minimum atomic E-state index is -0.737. The van der Waals surface area contributed by atoms with Gasteiger partial charge in [0.2, 0.25) is 0 Å². The lowest BCUT2D eigenvalue weighted by Gasteiger charge is -2.37. The maximum atomic E-state index is 12.1. The van der Waals surface area contributed by atoms with Crippen molar-refractivity contribution in [2.75, 3.05) is 29.9 Å². The summed E-state index contributed by atoms with van der Waals surface area (Å²) in [6.07, 6.45) is 6.57. The quantitative estimate of drug-likeness (QED) is 0.320. The lowest BCUT2D eigenvalue weighted by Crippen LogP contribution is -2.42. The number of rotatable bonds is 6. The number of urea groups is 1. The minimum absolute atomic E-state index is 0.293. The van der Waals surface area contributed by atoms with E-state index in [0.29, 0.717) is 37.6 Å². The topological polar surface area (TPSA) is 120 Å². The second-order valence-electron chi connectivity index (χ2n) is 9.38. The molecular formula is C27H28N6O3S. The Morgan fingerprint density at radius 2 is 1.95 bits per heavy atom. The molecule has 0 spiro atoms. The highest BCUT2D eigenvalue weighted by molar-refractivity contribution is 7.22. The number of benzene rings is 1. The van der Waals surface area contributed by atoms with Crippen molar-refractivity contribution < 1.29 is 14.7 Å². The van der Waals surface area contributed by atoms with Crippen LogP contribution in [0.1, 0.15) is 26.7 Å². The third kappa shape index (κ3) is 5.10. The van der Waals surface area contributed by atoms with Gasteiger partial charge in [-0.25, -0.2) is 9.78 Å². The van der Waals surface area contributed by atoms with E-state index in [1.165, 1.54) is 11.3 Å². The molecule has 1 fully saturated rings. The van der Waals surface area contributed by atoms with Crippen LogP contribution in [-0.2, 0) is 4.79 Å². The first kappa shape index (κ1) is 24.6. The van der Waals surface area contributed by atoms with Crippen LogP contribution in [0.3, 0.4) is 0 Å². The monoisotopic (exact) mass is 516 g/mol. The fourth-order valence-corrected chi connectivity index (χ4v) is 5.46. The molecule has 10 heteroatoms. The number of nitrogens with zero attached hydrogens (tertiary/aromatic N) is 4. The number of fused-ring (bicyclic) bond motifs is 1. The van der Waals surface area contributed by atoms with Gasteiger partial charge in [-0.2, -0.15) is 0 Å². The molecular weight excluding hydrogens is 488 g/mol. The van der Waals surface area contributed by atoms with Gasteiger partial charge in [0, 0.05) is 43.2 Å². The molecule has 0 saturated carbocycles. The number of carboxylic acids is 1. The third-order valence-electron chi connectivity index (χ3n) is 6.79. The Bertz CT molecular complexity index is 1450. The highest BCUT2D eigenvalue weighted by atomic mass is 32.1. The number of aliphatic carboxylic acids is 1. The van der Waals surface area contributed by atoms with Crippen LogP contribution in [0.5, 0.6) is 0 Å². The number of carboxylic acid groups (broad SMARTS) is 1. The van der Waals surface area contributed by atoms with E-state index in [1.54, 1.807) is 6.20 Å². The van der Waals surface area contributed by atoms with Crippen LogP contribution in [0.25, 0.3) is 32.6 Å². The largest absolute Gasteiger partial charge is 0.481 e. The highest BCUT2D eigenvalue weighted by Crippen LogP contribution is 2.39. The van der Waals surface area contributed by atoms with Crippen molar-refractivity contribution in [3.63, 3.8) is 0 Å². The number of pyridine rings is 2. The molecule has 0 aliphatic carbocycles. The Morgan fingerprint density at radius 3 is 2.65 bits per heavy atom. The molecule has 5 rings (SSSR count). The summed E-state index contributed by atoms with van der Waals surface area (Å²) in [6, 6.07) is 11.6. The SMILES string of the molecule is CCNC(=O)Nc1nc2cc(-c3cncc(N4CCC(C)(C(=O)O)CC4)c3)cc(-c3ccccn3)c2s1. The van der Waals surface area contributed by atoms with E-state index in [0.717, 1.165) is 38.3 Å². The van der Waals surface area contributed by atoms with Crippen molar-refractivity contribution in [2.45, 2.75) is 26.7 Å². The normalized spacial score (nSPS) is 14.9. The van der Waals surface area contributed by atoms with Gasteiger partial charge < -0.3 is 15.3 Å². The van der Waals surface area contributed by atoms with Crippen molar-refractivity contribution in [3.8, 4) is 22.4 Å². The summed E-state index contributed by atoms with van der Waals surface area (Å²) >= 11 is 1.41. The summed E-state index contributed by atoms with van der Waals surface area (Å²) in [5, 5.41) is 15.6. The second kappa shape index (κ2) is 10.1. The summed E-state index contributed by atoms with van der Waals surface area (Å²) in [7, 11) is 0. The van der Waals surface area contributed by atoms with Gasteiger partial charge in [0.25, 0.3) is 0 Å². The summed E-state index contributed by atoms with van der Waals surface area (Å²) in [5.41, 5.74) is 4.64. The molecule has 1 saturated heterocycles. The molecule has 0 atom stereocenters. The fraction of sp³-hybridized carbons (Fsp3) is 0.296. The fourth-order valence-electron chi connectivity index (χ4n) is 4.50. The van der Waals surface area contributed by atoms with Crippen LogP contribution < -0.4 is 15.5 Å². The van der Waals surface area contributed by atoms with Gasteiger partial charge in [0.1, 0.15) is 0 Å². The van der Waals surface area contributed by atoms with E-state index in [2.05, 4.69) is 42.6 Å². The molecule has 9 nitrogen and oxygen atoms in total. The molecule has 1 aliphatic heterocycles. The Balaban J connectivity index is 1.52. The first-order valence-electron chi connectivity index (χ1n) is 12.2. The number of piperidine rings is 1. The number of thiazole rings is 1. The number of aromatic nitrogens is 3. The van der Waals surface area contributed by atoms with E-state index in [4.69, 9.17) is 0 Å². The number of hydrogen-bond donors (Lipinski definition) is 3. The molecule has 3 N–H and O–H groups in total. The Labute approximate surface area is 218 Å². The molecule has 4 heterocycles. The van der Waals surface area contributed by atoms with Crippen LogP contribution in [-0.4, -0.2) is 51.7 Å². The number of hydrogen-bond acceptors (Lipinski definition) is 7. The zero-order chi connectivity index (χ0) is 26.0. The molecule has 4 aromatic rings. The zero-order valence-corrected chi connectivity index (χ0v) is 21.5. The van der Waals surface area contributed by atoms with Gasteiger partial charge in [-0.1, -0.05) is 17.4 Å². The summed E-state index contributed by atoms with van der Waals surface area (Å²) in [4.78, 5) is 39.7. The molecule has 3 aromatic heterocycles. The number of carbonyl (C=O) groups excluding carboxylic acids is 1. The molecule has 0 unspecified atom stereocenters. The van der Waals surface area contributed by atoms with Crippen LogP contribution in [0, 0.1) is 5.41 Å². The first-order valence-corrected chi connectivity index (χ1v) is 13.0. The predicted octanol–water partition coefficient (Wildman–Crippen LogP) is 5.25. The second-order valence-corrected chi connectivity index (χ2v) is 10.4. The number of carbonyl (C=O) groups is 2. The predicted molar refractivity (Wildman–Crippen MR) is 146 cm³/mol. The van der Waals surface area contributed by atoms with Crippen LogP contribution in [0.4, 0.5) is 15.6 Å². The zero-order valence-electron chi connectivity index (χ0n) is 20.7. The Hall–Kier alpha value is -4.05. The van der Waals surface area contributed by atoms with E-state index in [-0.39, 0.29) is 6.03 Å². The molecule has 1 aromatic carbocycles. The molecule has 190 valence electrons. The maximum absolute atomic E-state index is 12.1. The number of anilines is 2. The smallest absolute Gasteiger partial charge is 0.321 e. The molecule has 1 aliphatic rings. The number of amides is 2. The van der Waals surface area contributed by atoms with Crippen molar-refractivity contribution in [2.24, 2.45) is 5.41 Å². The van der Waals surface area contributed by atoms with Crippen molar-refractivity contribution in [1.82, 2.24) is 20.3 Å². The summed E-state index contributed by atoms with van der Waals surface area (Å²) in [6.45, 7) is 5.52. The van der Waals surface area contributed by atoms with Crippen LogP contribution in [0.2, 0.25) is 0 Å². The van der Waals surface area contributed by atoms with Crippen LogP contribution in [0.15, 0.2) is 55.0 Å². The van der Waals surface area contributed by atoms with E-state index < -0.39 is 11.4 Å². The van der Waals surface area contributed by atoms with Gasteiger partial charge in [0.05, 0.1) is 33.2 Å². The van der Waals surface area contributed by atoms with Gasteiger partial charge >= 0.3 is 12.0 Å². The number of nitrogens with one attached hydrogen (secondary N) is 2. The lowest BCUT2D eigenvalue weighted by atomic mass is 9.80. The van der Waals surface area contributed by atoms with Gasteiger partial charge in [-0.3, -0.25) is 20.1 Å². The molecule has 0 bridgehead atoms. The Kier molecular flexibility index (Phi) is 6.75. The van der Waals surface area contributed by atoms with Crippen LogP contribution >= 0.6 is 11.3 Å². The summed E-state index contributed by atoms with van der Waals surface area (Å²) in [5.74, 6) is -0.737. The molecule has 2 amide bonds. The van der Waals surface area contributed by atoms with Crippen molar-refractivity contribution >= 4 is 44.4 Å². The van der Waals surface area contributed by atoms with Gasteiger partial charge in [-0.05, 0) is 62.6 Å².